The molecular weight excluding hydrogens is 370 g/mol. The first-order chi connectivity index (χ1) is 14.1. The molecule has 0 aliphatic carbocycles. The number of ether oxygens (including phenoxy) is 1. The number of benzene rings is 1. The molecule has 1 aromatic carbocycles. The van der Waals surface area contributed by atoms with Crippen LogP contribution in [0, 0.1) is 5.92 Å². The van der Waals surface area contributed by atoms with Crippen LogP contribution in [0.5, 0.6) is 0 Å². The maximum absolute atomic E-state index is 13.2. The van der Waals surface area contributed by atoms with Gasteiger partial charge in [-0.05, 0) is 12.8 Å². The second kappa shape index (κ2) is 8.57. The summed E-state index contributed by atoms with van der Waals surface area (Å²) in [6, 6.07) is 9.48. The summed E-state index contributed by atoms with van der Waals surface area (Å²) < 4.78 is 5.32. The quantitative estimate of drug-likeness (QED) is 0.844. The topological polar surface area (TPSA) is 102 Å². The number of carbonyl (C=O) groups is 2. The highest BCUT2D eigenvalue weighted by atomic mass is 16.5. The zero-order valence-corrected chi connectivity index (χ0v) is 16.3. The van der Waals surface area contributed by atoms with Gasteiger partial charge in [-0.2, -0.15) is 0 Å². The smallest absolute Gasteiger partial charge is 0.257 e. The number of anilines is 1. The summed E-state index contributed by atoms with van der Waals surface area (Å²) in [4.78, 5) is 37.9. The standard InChI is InChI=1S/C21H25N5O3/c22-21-23-14-17(18(24-21)15-4-2-1-3-5-15)20(28)25-8-6-16(7-9-25)19(27)26-10-12-29-13-11-26/h1-5,14,16H,6-13H2,(H2,22,23,24). The largest absolute Gasteiger partial charge is 0.378 e. The minimum Gasteiger partial charge on any atom is -0.378 e. The number of amides is 2. The summed E-state index contributed by atoms with van der Waals surface area (Å²) in [6.45, 7) is 3.59. The van der Waals surface area contributed by atoms with E-state index in [4.69, 9.17) is 10.5 Å². The van der Waals surface area contributed by atoms with Crippen LogP contribution in [0.25, 0.3) is 11.3 Å². The van der Waals surface area contributed by atoms with E-state index in [2.05, 4.69) is 9.97 Å². The van der Waals surface area contributed by atoms with E-state index in [0.29, 0.717) is 63.5 Å². The Bertz CT molecular complexity index is 875. The Hall–Kier alpha value is -3.00. The number of nitrogen functional groups attached to an aromatic ring is 1. The fourth-order valence-electron chi connectivity index (χ4n) is 3.91. The molecule has 29 heavy (non-hydrogen) atoms. The van der Waals surface area contributed by atoms with Crippen molar-refractivity contribution in [1.82, 2.24) is 19.8 Å². The molecule has 0 atom stereocenters. The molecule has 2 aromatic rings. The van der Waals surface area contributed by atoms with Gasteiger partial charge in [0, 0.05) is 43.9 Å². The maximum Gasteiger partial charge on any atom is 0.257 e. The molecular formula is C21H25N5O3. The average molecular weight is 395 g/mol. The first kappa shape index (κ1) is 19.3. The van der Waals surface area contributed by atoms with Crippen LogP contribution in [0.2, 0.25) is 0 Å². The molecule has 2 aliphatic rings. The van der Waals surface area contributed by atoms with Crippen molar-refractivity contribution in [1.29, 1.82) is 0 Å². The molecule has 0 radical (unpaired) electrons. The molecule has 1 aromatic heterocycles. The van der Waals surface area contributed by atoms with E-state index in [9.17, 15) is 9.59 Å². The Labute approximate surface area is 169 Å². The van der Waals surface area contributed by atoms with E-state index < -0.39 is 0 Å². The van der Waals surface area contributed by atoms with Crippen LogP contribution < -0.4 is 5.73 Å². The predicted molar refractivity (Wildman–Crippen MR) is 108 cm³/mol. The van der Waals surface area contributed by atoms with Crippen molar-refractivity contribution in [3.8, 4) is 11.3 Å². The molecule has 2 amide bonds. The normalized spacial score (nSPS) is 17.9. The number of aromatic nitrogens is 2. The molecule has 2 fully saturated rings. The van der Waals surface area contributed by atoms with Crippen LogP contribution in [0.3, 0.4) is 0 Å². The van der Waals surface area contributed by atoms with Gasteiger partial charge >= 0.3 is 0 Å². The third-order valence-corrected chi connectivity index (χ3v) is 5.54. The zero-order chi connectivity index (χ0) is 20.2. The second-order valence-electron chi connectivity index (χ2n) is 7.36. The van der Waals surface area contributed by atoms with E-state index in [1.165, 1.54) is 6.20 Å². The molecule has 0 saturated carbocycles. The molecule has 0 bridgehead atoms. The Morgan fingerprint density at radius 3 is 2.38 bits per heavy atom. The molecule has 0 spiro atoms. The van der Waals surface area contributed by atoms with Crippen molar-refractivity contribution in [3.63, 3.8) is 0 Å². The fraction of sp³-hybridized carbons (Fsp3) is 0.429. The van der Waals surface area contributed by atoms with Gasteiger partial charge in [0.25, 0.3) is 5.91 Å². The van der Waals surface area contributed by atoms with E-state index in [0.717, 1.165) is 5.56 Å². The lowest BCUT2D eigenvalue weighted by Crippen LogP contribution is -2.47. The van der Waals surface area contributed by atoms with Crippen molar-refractivity contribution >= 4 is 17.8 Å². The monoisotopic (exact) mass is 395 g/mol. The first-order valence-corrected chi connectivity index (χ1v) is 9.97. The van der Waals surface area contributed by atoms with Gasteiger partial charge in [0.2, 0.25) is 11.9 Å². The molecule has 2 aliphatic heterocycles. The van der Waals surface area contributed by atoms with Gasteiger partial charge in [-0.25, -0.2) is 9.97 Å². The van der Waals surface area contributed by atoms with Gasteiger partial charge in [-0.1, -0.05) is 30.3 Å². The SMILES string of the molecule is Nc1ncc(C(=O)N2CCC(C(=O)N3CCOCC3)CC2)c(-c2ccccc2)n1. The Kier molecular flexibility index (Phi) is 5.71. The number of morpholine rings is 1. The summed E-state index contributed by atoms with van der Waals surface area (Å²) in [5, 5.41) is 0. The summed E-state index contributed by atoms with van der Waals surface area (Å²) in [5.41, 5.74) is 7.56. The van der Waals surface area contributed by atoms with Gasteiger partial charge in [0.05, 0.1) is 24.5 Å². The van der Waals surface area contributed by atoms with Crippen LogP contribution >= 0.6 is 0 Å². The molecule has 8 nitrogen and oxygen atoms in total. The maximum atomic E-state index is 13.2. The number of nitrogens with two attached hydrogens (primary N) is 1. The van der Waals surface area contributed by atoms with Crippen LogP contribution in [0.1, 0.15) is 23.2 Å². The van der Waals surface area contributed by atoms with Crippen LogP contribution in [-0.4, -0.2) is 71.0 Å². The third-order valence-electron chi connectivity index (χ3n) is 5.54. The van der Waals surface area contributed by atoms with Crippen molar-refractivity contribution in [2.75, 3.05) is 45.1 Å². The summed E-state index contributed by atoms with van der Waals surface area (Å²) >= 11 is 0. The van der Waals surface area contributed by atoms with Crippen molar-refractivity contribution in [3.05, 3.63) is 42.1 Å². The first-order valence-electron chi connectivity index (χ1n) is 9.97. The lowest BCUT2D eigenvalue weighted by molar-refractivity contribution is -0.141. The number of hydrogen-bond acceptors (Lipinski definition) is 6. The zero-order valence-electron chi connectivity index (χ0n) is 16.3. The molecule has 4 rings (SSSR count). The summed E-state index contributed by atoms with van der Waals surface area (Å²) in [7, 11) is 0. The number of rotatable bonds is 3. The Balaban J connectivity index is 1.46. The van der Waals surface area contributed by atoms with Gasteiger partial charge in [0.1, 0.15) is 0 Å². The predicted octanol–water partition coefficient (Wildman–Crippen LogP) is 1.44. The van der Waals surface area contributed by atoms with Gasteiger partial charge in [0.15, 0.2) is 0 Å². The van der Waals surface area contributed by atoms with E-state index in [1.807, 2.05) is 35.2 Å². The number of piperidine rings is 1. The molecule has 2 saturated heterocycles. The van der Waals surface area contributed by atoms with E-state index in [-0.39, 0.29) is 23.7 Å². The van der Waals surface area contributed by atoms with Crippen LogP contribution in [0.4, 0.5) is 5.95 Å². The van der Waals surface area contributed by atoms with E-state index >= 15 is 0 Å². The number of hydrogen-bond donors (Lipinski definition) is 1. The number of nitrogens with zero attached hydrogens (tertiary/aromatic N) is 4. The van der Waals surface area contributed by atoms with Gasteiger partial charge in [-0.15, -0.1) is 0 Å². The summed E-state index contributed by atoms with van der Waals surface area (Å²) in [5.74, 6) is 0.158. The van der Waals surface area contributed by atoms with E-state index in [1.54, 1.807) is 4.90 Å². The molecule has 3 heterocycles. The number of carbonyl (C=O) groups excluding carboxylic acids is 2. The molecule has 0 unspecified atom stereocenters. The van der Waals surface area contributed by atoms with Crippen molar-refractivity contribution in [2.45, 2.75) is 12.8 Å². The second-order valence-corrected chi connectivity index (χ2v) is 7.36. The van der Waals surface area contributed by atoms with Crippen LogP contribution in [0.15, 0.2) is 36.5 Å². The highest BCUT2D eigenvalue weighted by Crippen LogP contribution is 2.26. The molecule has 8 heteroatoms. The molecule has 152 valence electrons. The van der Waals surface area contributed by atoms with Crippen molar-refractivity contribution < 1.29 is 14.3 Å². The summed E-state index contributed by atoms with van der Waals surface area (Å²) in [6.07, 6.45) is 2.83. The lowest BCUT2D eigenvalue weighted by atomic mass is 9.94. The Morgan fingerprint density at radius 2 is 1.69 bits per heavy atom. The van der Waals surface area contributed by atoms with Crippen LogP contribution in [-0.2, 0) is 9.53 Å². The fourth-order valence-corrected chi connectivity index (χ4v) is 3.91. The average Bonchev–Trinajstić information content (AvgIpc) is 2.79. The van der Waals surface area contributed by atoms with Gasteiger partial charge in [-0.3, -0.25) is 9.59 Å². The minimum atomic E-state index is -0.124. The number of likely N-dealkylation sites (tertiary alicyclic amines) is 1. The minimum absolute atomic E-state index is 0.0339. The van der Waals surface area contributed by atoms with Crippen molar-refractivity contribution in [2.24, 2.45) is 5.92 Å². The van der Waals surface area contributed by atoms with Gasteiger partial charge < -0.3 is 20.3 Å². The molecule has 2 N–H and O–H groups in total. The lowest BCUT2D eigenvalue weighted by Gasteiger charge is -2.35. The Morgan fingerprint density at radius 1 is 1.00 bits per heavy atom. The third kappa shape index (κ3) is 4.22. The highest BCUT2D eigenvalue weighted by Gasteiger charge is 2.32. The highest BCUT2D eigenvalue weighted by molar-refractivity contribution is 6.00.